The number of halogens is 1. The Labute approximate surface area is 115 Å². The average molecular weight is 267 g/mol. The monoisotopic (exact) mass is 266 g/mol. The Kier molecular flexibility index (Phi) is 5.48. The number of piperazine rings is 1. The van der Waals surface area contributed by atoms with Gasteiger partial charge in [0.25, 0.3) is 0 Å². The first-order valence-corrected chi connectivity index (χ1v) is 7.36. The Morgan fingerprint density at radius 3 is 2.50 bits per heavy atom. The molecule has 1 aliphatic rings. The molecule has 0 radical (unpaired) electrons. The smallest absolute Gasteiger partial charge is 0.0406 e. The van der Waals surface area contributed by atoms with E-state index in [-0.39, 0.29) is 0 Å². The molecule has 3 heteroatoms. The molecule has 2 nitrogen and oxygen atoms in total. The highest BCUT2D eigenvalue weighted by Gasteiger charge is 2.13. The van der Waals surface area contributed by atoms with Crippen LogP contribution in [0.2, 0.25) is 5.02 Å². The standard InChI is InChI=1S/C15H23ClN2/c1-2-13(14-3-5-15(16)6-4-14)7-10-18-11-8-17-9-12-18/h3-6,13,17H,2,7-12H2,1H3. The summed E-state index contributed by atoms with van der Waals surface area (Å²) in [6.07, 6.45) is 2.45. The van der Waals surface area contributed by atoms with Crippen LogP contribution < -0.4 is 5.32 Å². The molecule has 0 aromatic heterocycles. The van der Waals surface area contributed by atoms with E-state index in [1.807, 2.05) is 12.1 Å². The number of nitrogens with zero attached hydrogens (tertiary/aromatic N) is 1. The van der Waals surface area contributed by atoms with Crippen molar-refractivity contribution >= 4 is 11.6 Å². The van der Waals surface area contributed by atoms with Gasteiger partial charge in [-0.15, -0.1) is 0 Å². The fourth-order valence-corrected chi connectivity index (χ4v) is 2.74. The van der Waals surface area contributed by atoms with Gasteiger partial charge in [-0.2, -0.15) is 0 Å². The molecule has 2 rings (SSSR count). The van der Waals surface area contributed by atoms with Crippen molar-refractivity contribution in [3.8, 4) is 0 Å². The van der Waals surface area contributed by atoms with Gasteiger partial charge in [-0.3, -0.25) is 0 Å². The minimum atomic E-state index is 0.664. The van der Waals surface area contributed by atoms with Crippen molar-refractivity contribution in [2.45, 2.75) is 25.7 Å². The second-order valence-corrected chi connectivity index (χ2v) is 5.47. The highest BCUT2D eigenvalue weighted by molar-refractivity contribution is 6.30. The molecule has 0 saturated carbocycles. The summed E-state index contributed by atoms with van der Waals surface area (Å²) in [7, 11) is 0. The molecule has 1 fully saturated rings. The maximum Gasteiger partial charge on any atom is 0.0406 e. The summed E-state index contributed by atoms with van der Waals surface area (Å²) < 4.78 is 0. The average Bonchev–Trinajstić information content (AvgIpc) is 2.42. The van der Waals surface area contributed by atoms with Gasteiger partial charge < -0.3 is 10.2 Å². The van der Waals surface area contributed by atoms with Gasteiger partial charge in [0.15, 0.2) is 0 Å². The maximum absolute atomic E-state index is 5.94. The van der Waals surface area contributed by atoms with Crippen LogP contribution in [0.25, 0.3) is 0 Å². The Morgan fingerprint density at radius 2 is 1.89 bits per heavy atom. The van der Waals surface area contributed by atoms with E-state index >= 15 is 0 Å². The molecule has 0 amide bonds. The second kappa shape index (κ2) is 7.13. The third-order valence-electron chi connectivity index (χ3n) is 3.84. The van der Waals surface area contributed by atoms with E-state index in [9.17, 15) is 0 Å². The summed E-state index contributed by atoms with van der Waals surface area (Å²) >= 11 is 5.94. The molecule has 1 unspecified atom stereocenters. The van der Waals surface area contributed by atoms with Crippen LogP contribution in [0.1, 0.15) is 31.2 Å². The molecule has 1 saturated heterocycles. The Bertz CT molecular complexity index is 344. The third-order valence-corrected chi connectivity index (χ3v) is 4.09. The molecule has 1 aromatic rings. The summed E-state index contributed by atoms with van der Waals surface area (Å²) in [6.45, 7) is 8.14. The van der Waals surface area contributed by atoms with Gasteiger partial charge >= 0.3 is 0 Å². The van der Waals surface area contributed by atoms with Crippen LogP contribution in [0.3, 0.4) is 0 Å². The van der Waals surface area contributed by atoms with Crippen LogP contribution in [-0.4, -0.2) is 37.6 Å². The SMILES string of the molecule is CCC(CCN1CCNCC1)c1ccc(Cl)cc1. The van der Waals surface area contributed by atoms with Gasteiger partial charge in [-0.1, -0.05) is 30.7 Å². The maximum atomic E-state index is 5.94. The van der Waals surface area contributed by atoms with Crippen molar-refractivity contribution in [1.82, 2.24) is 10.2 Å². The topological polar surface area (TPSA) is 15.3 Å². The molecule has 0 bridgehead atoms. The molecule has 1 aliphatic heterocycles. The first-order chi connectivity index (χ1) is 8.79. The van der Waals surface area contributed by atoms with Crippen molar-refractivity contribution in [3.63, 3.8) is 0 Å². The van der Waals surface area contributed by atoms with Crippen molar-refractivity contribution in [2.24, 2.45) is 0 Å². The third kappa shape index (κ3) is 3.98. The van der Waals surface area contributed by atoms with Crippen LogP contribution in [0.4, 0.5) is 0 Å². The number of hydrogen-bond donors (Lipinski definition) is 1. The molecule has 18 heavy (non-hydrogen) atoms. The van der Waals surface area contributed by atoms with E-state index in [1.54, 1.807) is 0 Å². The lowest BCUT2D eigenvalue weighted by Crippen LogP contribution is -2.44. The molecule has 100 valence electrons. The normalized spacial score (nSPS) is 18.8. The molecule has 1 heterocycles. The van der Waals surface area contributed by atoms with Crippen molar-refractivity contribution in [1.29, 1.82) is 0 Å². The summed E-state index contributed by atoms with van der Waals surface area (Å²) in [5.74, 6) is 0.664. The van der Waals surface area contributed by atoms with Gasteiger partial charge in [0, 0.05) is 31.2 Å². The highest BCUT2D eigenvalue weighted by atomic mass is 35.5. The van der Waals surface area contributed by atoms with Crippen molar-refractivity contribution in [2.75, 3.05) is 32.7 Å². The zero-order valence-electron chi connectivity index (χ0n) is 11.2. The minimum Gasteiger partial charge on any atom is -0.314 e. The number of hydrogen-bond acceptors (Lipinski definition) is 2. The van der Waals surface area contributed by atoms with Gasteiger partial charge in [0.05, 0.1) is 0 Å². The van der Waals surface area contributed by atoms with E-state index in [0.29, 0.717) is 5.92 Å². The first kappa shape index (κ1) is 13.9. The Hall–Kier alpha value is -0.570. The number of nitrogens with one attached hydrogen (secondary N) is 1. The Morgan fingerprint density at radius 1 is 1.22 bits per heavy atom. The van der Waals surface area contributed by atoms with Crippen molar-refractivity contribution < 1.29 is 0 Å². The molecular weight excluding hydrogens is 244 g/mol. The fraction of sp³-hybridized carbons (Fsp3) is 0.600. The lowest BCUT2D eigenvalue weighted by molar-refractivity contribution is 0.232. The van der Waals surface area contributed by atoms with Gasteiger partial charge in [0.1, 0.15) is 0 Å². The van der Waals surface area contributed by atoms with Crippen LogP contribution >= 0.6 is 11.6 Å². The van der Waals surface area contributed by atoms with E-state index in [0.717, 1.165) is 18.1 Å². The largest absolute Gasteiger partial charge is 0.314 e. The van der Waals surface area contributed by atoms with E-state index in [4.69, 9.17) is 11.6 Å². The van der Waals surface area contributed by atoms with Gasteiger partial charge in [0.2, 0.25) is 0 Å². The molecule has 1 N–H and O–H groups in total. The predicted octanol–water partition coefficient (Wildman–Crippen LogP) is 3.13. The zero-order chi connectivity index (χ0) is 12.8. The molecular formula is C15H23ClN2. The van der Waals surface area contributed by atoms with E-state index < -0.39 is 0 Å². The van der Waals surface area contributed by atoms with Crippen LogP contribution in [0.5, 0.6) is 0 Å². The van der Waals surface area contributed by atoms with Crippen LogP contribution in [0.15, 0.2) is 24.3 Å². The Balaban J connectivity index is 1.86. The first-order valence-electron chi connectivity index (χ1n) is 6.98. The highest BCUT2D eigenvalue weighted by Crippen LogP contribution is 2.24. The predicted molar refractivity (Wildman–Crippen MR) is 78.4 cm³/mol. The second-order valence-electron chi connectivity index (χ2n) is 5.04. The molecule has 0 spiro atoms. The minimum absolute atomic E-state index is 0.664. The van der Waals surface area contributed by atoms with Gasteiger partial charge in [-0.25, -0.2) is 0 Å². The van der Waals surface area contributed by atoms with E-state index in [1.165, 1.54) is 38.0 Å². The summed E-state index contributed by atoms with van der Waals surface area (Å²) in [5.41, 5.74) is 1.43. The summed E-state index contributed by atoms with van der Waals surface area (Å²) in [4.78, 5) is 2.56. The molecule has 0 aliphatic carbocycles. The number of benzene rings is 1. The quantitative estimate of drug-likeness (QED) is 0.881. The lowest BCUT2D eigenvalue weighted by atomic mass is 9.93. The lowest BCUT2D eigenvalue weighted by Gasteiger charge is -2.28. The molecule has 1 atom stereocenters. The van der Waals surface area contributed by atoms with Gasteiger partial charge in [-0.05, 0) is 43.0 Å². The van der Waals surface area contributed by atoms with Crippen LogP contribution in [0, 0.1) is 0 Å². The summed E-state index contributed by atoms with van der Waals surface area (Å²) in [5, 5.41) is 4.23. The zero-order valence-corrected chi connectivity index (χ0v) is 11.9. The van der Waals surface area contributed by atoms with Crippen molar-refractivity contribution in [3.05, 3.63) is 34.9 Å². The number of rotatable bonds is 5. The fourth-order valence-electron chi connectivity index (χ4n) is 2.61. The van der Waals surface area contributed by atoms with E-state index in [2.05, 4.69) is 29.3 Å². The summed E-state index contributed by atoms with van der Waals surface area (Å²) in [6, 6.07) is 8.36. The van der Waals surface area contributed by atoms with Crippen LogP contribution in [-0.2, 0) is 0 Å². The molecule has 1 aromatic carbocycles.